The van der Waals surface area contributed by atoms with E-state index in [0.29, 0.717) is 0 Å². The predicted octanol–water partition coefficient (Wildman–Crippen LogP) is 3.80. The molecule has 2 aromatic rings. The van der Waals surface area contributed by atoms with Crippen molar-refractivity contribution in [1.29, 1.82) is 0 Å². The molecule has 1 unspecified atom stereocenters. The predicted molar refractivity (Wildman–Crippen MR) is 66.1 cm³/mol. The fourth-order valence-corrected chi connectivity index (χ4v) is 1.80. The van der Waals surface area contributed by atoms with Crippen LogP contribution >= 0.6 is 0 Å². The maximum absolute atomic E-state index is 13.0. The Morgan fingerprint density at radius 2 is 2.06 bits per heavy atom. The fraction of sp³-hybridized carbons (Fsp3) is 0.286. The Morgan fingerprint density at radius 1 is 1.29 bits per heavy atom. The van der Waals surface area contributed by atoms with E-state index >= 15 is 0 Å². The van der Waals surface area contributed by atoms with Crippen LogP contribution in [0.1, 0.15) is 30.7 Å². The Morgan fingerprint density at radius 3 is 2.71 bits per heavy atom. The molecule has 2 N–H and O–H groups in total. The molecule has 1 aromatic heterocycles. The molecular formula is C14H16FNO. The third kappa shape index (κ3) is 2.39. The number of nitrogens with two attached hydrogens (primary N) is 1. The van der Waals surface area contributed by atoms with Crippen LogP contribution in [0.2, 0.25) is 0 Å². The molecular weight excluding hydrogens is 217 g/mol. The molecule has 0 amide bonds. The third-order valence-corrected chi connectivity index (χ3v) is 2.89. The Labute approximate surface area is 100 Å². The Hall–Kier alpha value is -1.61. The third-order valence-electron chi connectivity index (χ3n) is 2.89. The highest BCUT2D eigenvalue weighted by Gasteiger charge is 2.11. The molecule has 2 rings (SSSR count). The van der Waals surface area contributed by atoms with Gasteiger partial charge in [0.15, 0.2) is 0 Å². The first-order valence-electron chi connectivity index (χ1n) is 5.73. The second-order valence-corrected chi connectivity index (χ2v) is 4.18. The lowest BCUT2D eigenvalue weighted by atomic mass is 10.1. The molecule has 0 fully saturated rings. The first-order valence-corrected chi connectivity index (χ1v) is 5.73. The number of benzene rings is 1. The second-order valence-electron chi connectivity index (χ2n) is 4.18. The largest absolute Gasteiger partial charge is 0.459 e. The summed E-state index contributed by atoms with van der Waals surface area (Å²) < 4.78 is 18.7. The Balaban J connectivity index is 2.37. The van der Waals surface area contributed by atoms with Crippen LogP contribution in [0.15, 0.2) is 34.7 Å². The van der Waals surface area contributed by atoms with Crippen molar-refractivity contribution >= 4 is 0 Å². The summed E-state index contributed by atoms with van der Waals surface area (Å²) in [6, 6.07) is 8.34. The molecule has 1 heterocycles. The smallest absolute Gasteiger partial charge is 0.134 e. The van der Waals surface area contributed by atoms with Crippen LogP contribution in [0.3, 0.4) is 0 Å². The van der Waals surface area contributed by atoms with Gasteiger partial charge in [-0.3, -0.25) is 0 Å². The number of hydrogen-bond donors (Lipinski definition) is 1. The van der Waals surface area contributed by atoms with E-state index in [0.717, 1.165) is 29.1 Å². The molecule has 0 spiro atoms. The Kier molecular flexibility index (Phi) is 3.29. The number of rotatable bonds is 3. The van der Waals surface area contributed by atoms with E-state index in [1.807, 2.05) is 26.0 Å². The minimum absolute atomic E-state index is 0.0792. The summed E-state index contributed by atoms with van der Waals surface area (Å²) in [4.78, 5) is 0. The van der Waals surface area contributed by atoms with Crippen LogP contribution in [0, 0.1) is 12.7 Å². The van der Waals surface area contributed by atoms with Gasteiger partial charge in [-0.2, -0.15) is 0 Å². The molecule has 0 saturated heterocycles. The topological polar surface area (TPSA) is 39.2 Å². The lowest BCUT2D eigenvalue weighted by Crippen LogP contribution is -2.06. The van der Waals surface area contributed by atoms with Gasteiger partial charge in [0.25, 0.3) is 0 Å². The average Bonchev–Trinajstić information content (AvgIpc) is 2.77. The molecule has 0 saturated carbocycles. The first-order chi connectivity index (χ1) is 8.11. The maximum Gasteiger partial charge on any atom is 0.134 e. The van der Waals surface area contributed by atoms with Crippen LogP contribution < -0.4 is 5.73 Å². The van der Waals surface area contributed by atoms with Crippen molar-refractivity contribution in [2.45, 2.75) is 26.3 Å². The summed E-state index contributed by atoms with van der Waals surface area (Å²) in [5, 5.41) is 0. The van der Waals surface area contributed by atoms with E-state index in [-0.39, 0.29) is 11.9 Å². The van der Waals surface area contributed by atoms with Gasteiger partial charge >= 0.3 is 0 Å². The Bertz CT molecular complexity index is 519. The molecule has 1 atom stereocenters. The monoisotopic (exact) mass is 233 g/mol. The SMILES string of the molecule is CCC(N)c1ccc(-c2ccc(F)cc2C)o1. The molecule has 0 aliphatic heterocycles. The molecule has 0 bridgehead atoms. The zero-order valence-electron chi connectivity index (χ0n) is 10.0. The van der Waals surface area contributed by atoms with Crippen molar-refractivity contribution in [3.63, 3.8) is 0 Å². The maximum atomic E-state index is 13.0. The van der Waals surface area contributed by atoms with Gasteiger partial charge in [-0.1, -0.05) is 6.92 Å². The number of halogens is 1. The summed E-state index contributed by atoms with van der Waals surface area (Å²) in [6.07, 6.45) is 0.829. The van der Waals surface area contributed by atoms with Crippen molar-refractivity contribution in [1.82, 2.24) is 0 Å². The van der Waals surface area contributed by atoms with Crippen LogP contribution in [0.5, 0.6) is 0 Å². The van der Waals surface area contributed by atoms with Crippen molar-refractivity contribution in [2.75, 3.05) is 0 Å². The molecule has 90 valence electrons. The zero-order valence-corrected chi connectivity index (χ0v) is 10.0. The molecule has 0 radical (unpaired) electrons. The zero-order chi connectivity index (χ0) is 12.4. The number of hydrogen-bond acceptors (Lipinski definition) is 2. The molecule has 0 aliphatic rings. The highest BCUT2D eigenvalue weighted by atomic mass is 19.1. The van der Waals surface area contributed by atoms with E-state index in [2.05, 4.69) is 0 Å². The van der Waals surface area contributed by atoms with Crippen molar-refractivity contribution in [3.05, 3.63) is 47.5 Å². The van der Waals surface area contributed by atoms with Gasteiger partial charge in [0, 0.05) is 5.56 Å². The normalized spacial score (nSPS) is 12.7. The molecule has 3 heteroatoms. The van der Waals surface area contributed by atoms with Crippen LogP contribution in [0.4, 0.5) is 4.39 Å². The number of aryl methyl sites for hydroxylation is 1. The van der Waals surface area contributed by atoms with Gasteiger partial charge in [0.2, 0.25) is 0 Å². The van der Waals surface area contributed by atoms with Gasteiger partial charge < -0.3 is 10.2 Å². The highest BCUT2D eigenvalue weighted by Crippen LogP contribution is 2.28. The highest BCUT2D eigenvalue weighted by molar-refractivity contribution is 5.62. The quantitative estimate of drug-likeness (QED) is 0.875. The van der Waals surface area contributed by atoms with E-state index < -0.39 is 0 Å². The molecule has 1 aromatic carbocycles. The van der Waals surface area contributed by atoms with Crippen LogP contribution in [-0.4, -0.2) is 0 Å². The summed E-state index contributed by atoms with van der Waals surface area (Å²) in [5.41, 5.74) is 7.66. The average molecular weight is 233 g/mol. The van der Waals surface area contributed by atoms with Crippen LogP contribution in [0.25, 0.3) is 11.3 Å². The summed E-state index contributed by atoms with van der Waals surface area (Å²) in [5.74, 6) is 1.27. The number of furan rings is 1. The van der Waals surface area contributed by atoms with E-state index in [1.165, 1.54) is 12.1 Å². The van der Waals surface area contributed by atoms with Crippen molar-refractivity contribution in [3.8, 4) is 11.3 Å². The minimum Gasteiger partial charge on any atom is -0.459 e. The van der Waals surface area contributed by atoms with Gasteiger partial charge in [0.1, 0.15) is 17.3 Å². The molecule has 17 heavy (non-hydrogen) atoms. The molecule has 0 aliphatic carbocycles. The first kappa shape index (κ1) is 11.9. The fourth-order valence-electron chi connectivity index (χ4n) is 1.80. The van der Waals surface area contributed by atoms with Crippen LogP contribution in [-0.2, 0) is 0 Å². The van der Waals surface area contributed by atoms with E-state index in [9.17, 15) is 4.39 Å². The lowest BCUT2D eigenvalue weighted by Gasteiger charge is -2.05. The van der Waals surface area contributed by atoms with Crippen molar-refractivity contribution in [2.24, 2.45) is 5.73 Å². The van der Waals surface area contributed by atoms with E-state index in [1.54, 1.807) is 6.07 Å². The van der Waals surface area contributed by atoms with E-state index in [4.69, 9.17) is 10.2 Å². The van der Waals surface area contributed by atoms with Gasteiger partial charge in [-0.05, 0) is 49.2 Å². The standard InChI is InChI=1S/C14H16FNO/c1-3-12(16)14-7-6-13(17-14)11-5-4-10(15)8-9(11)2/h4-8,12H,3,16H2,1-2H3. The second kappa shape index (κ2) is 4.72. The summed E-state index contributed by atoms with van der Waals surface area (Å²) >= 11 is 0. The lowest BCUT2D eigenvalue weighted by molar-refractivity contribution is 0.470. The minimum atomic E-state index is -0.233. The van der Waals surface area contributed by atoms with Gasteiger partial charge in [-0.15, -0.1) is 0 Å². The van der Waals surface area contributed by atoms with Gasteiger partial charge in [0.05, 0.1) is 6.04 Å². The van der Waals surface area contributed by atoms with Gasteiger partial charge in [-0.25, -0.2) is 4.39 Å². The van der Waals surface area contributed by atoms with Crippen molar-refractivity contribution < 1.29 is 8.81 Å². The molecule has 2 nitrogen and oxygen atoms in total. The summed E-state index contributed by atoms with van der Waals surface area (Å²) in [7, 11) is 0. The summed E-state index contributed by atoms with van der Waals surface area (Å²) in [6.45, 7) is 3.87.